The maximum absolute atomic E-state index is 5.76. The molecule has 0 bridgehead atoms. The van der Waals surface area contributed by atoms with Crippen LogP contribution >= 0.6 is 0 Å². The molecular weight excluding hydrogens is 174 g/mol. The fraction of sp³-hybridized carbons (Fsp3) is 1.00. The summed E-state index contributed by atoms with van der Waals surface area (Å²) >= 11 is 0. The lowest BCUT2D eigenvalue weighted by atomic mass is 9.91. The Morgan fingerprint density at radius 2 is 1.57 bits per heavy atom. The van der Waals surface area contributed by atoms with Crippen molar-refractivity contribution in [1.29, 1.82) is 0 Å². The second-order valence-electron chi connectivity index (χ2n) is 4.87. The van der Waals surface area contributed by atoms with Crippen molar-refractivity contribution in [3.05, 3.63) is 0 Å². The Balaban J connectivity index is 2.66. The van der Waals surface area contributed by atoms with Crippen LogP contribution in [0.25, 0.3) is 0 Å². The van der Waals surface area contributed by atoms with Crippen LogP contribution in [0.5, 0.6) is 0 Å². The molecule has 2 heteroatoms. The van der Waals surface area contributed by atoms with Crippen molar-refractivity contribution in [2.24, 2.45) is 0 Å². The molecule has 1 fully saturated rings. The molecule has 1 aliphatic heterocycles. The highest BCUT2D eigenvalue weighted by atomic mass is 16.5. The third-order valence-electron chi connectivity index (χ3n) is 3.71. The molecule has 0 aromatic heterocycles. The zero-order chi connectivity index (χ0) is 10.8. The summed E-state index contributed by atoms with van der Waals surface area (Å²) < 4.78 is 5.76. The summed E-state index contributed by atoms with van der Waals surface area (Å²) in [5.74, 6) is 0. The van der Waals surface area contributed by atoms with E-state index >= 15 is 0 Å². The molecule has 2 nitrogen and oxygen atoms in total. The number of ether oxygens (including phenoxy) is 1. The van der Waals surface area contributed by atoms with Crippen molar-refractivity contribution in [3.8, 4) is 0 Å². The van der Waals surface area contributed by atoms with E-state index in [1.165, 1.54) is 12.8 Å². The molecule has 0 amide bonds. The van der Waals surface area contributed by atoms with Gasteiger partial charge in [0.1, 0.15) is 0 Å². The molecule has 1 saturated heterocycles. The van der Waals surface area contributed by atoms with Gasteiger partial charge in [-0.3, -0.25) is 4.90 Å². The van der Waals surface area contributed by atoms with Gasteiger partial charge in [0.05, 0.1) is 12.2 Å². The Morgan fingerprint density at radius 3 is 1.93 bits per heavy atom. The lowest BCUT2D eigenvalue weighted by Crippen LogP contribution is -2.55. The summed E-state index contributed by atoms with van der Waals surface area (Å²) in [5.41, 5.74) is 0.367. The third-order valence-corrected chi connectivity index (χ3v) is 3.71. The van der Waals surface area contributed by atoms with Crippen molar-refractivity contribution in [1.82, 2.24) is 4.90 Å². The summed E-state index contributed by atoms with van der Waals surface area (Å²) in [5, 5.41) is 0. The quantitative estimate of drug-likeness (QED) is 0.693. The van der Waals surface area contributed by atoms with Crippen LogP contribution in [-0.4, -0.2) is 35.7 Å². The van der Waals surface area contributed by atoms with Crippen LogP contribution in [0.3, 0.4) is 0 Å². The van der Waals surface area contributed by atoms with Crippen molar-refractivity contribution in [2.75, 3.05) is 13.1 Å². The van der Waals surface area contributed by atoms with Crippen LogP contribution in [0, 0.1) is 0 Å². The van der Waals surface area contributed by atoms with E-state index in [1.54, 1.807) is 0 Å². The van der Waals surface area contributed by atoms with Gasteiger partial charge in [0.25, 0.3) is 0 Å². The molecule has 84 valence electrons. The Labute approximate surface area is 88.6 Å². The molecule has 0 saturated carbocycles. The van der Waals surface area contributed by atoms with Crippen molar-refractivity contribution >= 4 is 0 Å². The first-order valence-corrected chi connectivity index (χ1v) is 5.92. The Bertz CT molecular complexity index is 167. The van der Waals surface area contributed by atoms with Gasteiger partial charge in [-0.15, -0.1) is 0 Å². The first-order chi connectivity index (χ1) is 6.51. The molecule has 2 atom stereocenters. The van der Waals surface area contributed by atoms with Gasteiger partial charge in [0.2, 0.25) is 0 Å². The van der Waals surface area contributed by atoms with E-state index in [9.17, 15) is 0 Å². The van der Waals surface area contributed by atoms with E-state index in [-0.39, 0.29) is 0 Å². The van der Waals surface area contributed by atoms with E-state index in [2.05, 4.69) is 39.5 Å². The number of nitrogens with zero attached hydrogens (tertiary/aromatic N) is 1. The fourth-order valence-electron chi connectivity index (χ4n) is 2.32. The lowest BCUT2D eigenvalue weighted by molar-refractivity contribution is -0.100. The highest BCUT2D eigenvalue weighted by Gasteiger charge is 2.33. The number of hydrogen-bond donors (Lipinski definition) is 0. The second-order valence-corrected chi connectivity index (χ2v) is 4.87. The highest BCUT2D eigenvalue weighted by molar-refractivity contribution is 4.88. The first-order valence-electron chi connectivity index (χ1n) is 5.92. The molecule has 14 heavy (non-hydrogen) atoms. The molecule has 0 radical (unpaired) electrons. The molecular formula is C12H25NO. The number of hydrogen-bond acceptors (Lipinski definition) is 2. The van der Waals surface area contributed by atoms with Crippen molar-refractivity contribution in [2.45, 2.75) is 65.2 Å². The van der Waals surface area contributed by atoms with Gasteiger partial charge >= 0.3 is 0 Å². The minimum Gasteiger partial charge on any atom is -0.373 e. The summed E-state index contributed by atoms with van der Waals surface area (Å²) in [7, 11) is 0. The summed E-state index contributed by atoms with van der Waals surface area (Å²) in [6.45, 7) is 13.5. The van der Waals surface area contributed by atoms with Crippen LogP contribution in [-0.2, 0) is 4.74 Å². The maximum Gasteiger partial charge on any atom is 0.0678 e. The van der Waals surface area contributed by atoms with Gasteiger partial charge in [-0.25, -0.2) is 0 Å². The molecule has 0 aliphatic carbocycles. The normalized spacial score (nSPS) is 30.6. The topological polar surface area (TPSA) is 12.5 Å². The zero-order valence-electron chi connectivity index (χ0n) is 10.3. The molecule has 0 aromatic carbocycles. The highest BCUT2D eigenvalue weighted by Crippen LogP contribution is 2.26. The smallest absolute Gasteiger partial charge is 0.0678 e. The number of morpholine rings is 1. The van der Waals surface area contributed by atoms with Crippen LogP contribution < -0.4 is 0 Å². The fourth-order valence-corrected chi connectivity index (χ4v) is 2.32. The minimum absolute atomic E-state index is 0.367. The zero-order valence-corrected chi connectivity index (χ0v) is 10.3. The third kappa shape index (κ3) is 2.48. The van der Waals surface area contributed by atoms with Gasteiger partial charge in [-0.05, 0) is 33.6 Å². The average Bonchev–Trinajstić information content (AvgIpc) is 2.15. The van der Waals surface area contributed by atoms with Crippen LogP contribution in [0.15, 0.2) is 0 Å². The summed E-state index contributed by atoms with van der Waals surface area (Å²) in [6, 6.07) is 0. The molecule has 1 rings (SSSR count). The number of rotatable bonds is 3. The van der Waals surface area contributed by atoms with Crippen molar-refractivity contribution < 1.29 is 4.74 Å². The van der Waals surface area contributed by atoms with Gasteiger partial charge in [-0.1, -0.05) is 13.8 Å². The molecule has 1 heterocycles. The molecule has 0 aromatic rings. The largest absolute Gasteiger partial charge is 0.373 e. The van der Waals surface area contributed by atoms with Gasteiger partial charge in [-0.2, -0.15) is 0 Å². The minimum atomic E-state index is 0.367. The SMILES string of the molecule is CCC(C)(CC)N1CC(C)OC(C)C1. The molecule has 0 N–H and O–H groups in total. The monoisotopic (exact) mass is 199 g/mol. The van der Waals surface area contributed by atoms with E-state index in [0.29, 0.717) is 17.7 Å². The first kappa shape index (κ1) is 12.0. The predicted octanol–water partition coefficient (Wildman–Crippen LogP) is 2.67. The van der Waals surface area contributed by atoms with E-state index in [0.717, 1.165) is 13.1 Å². The second kappa shape index (κ2) is 4.63. The van der Waals surface area contributed by atoms with Gasteiger partial charge in [0.15, 0.2) is 0 Å². The average molecular weight is 199 g/mol. The van der Waals surface area contributed by atoms with Crippen LogP contribution in [0.2, 0.25) is 0 Å². The van der Waals surface area contributed by atoms with Crippen LogP contribution in [0.4, 0.5) is 0 Å². The summed E-state index contributed by atoms with van der Waals surface area (Å²) in [6.07, 6.45) is 3.22. The molecule has 1 aliphatic rings. The maximum atomic E-state index is 5.76. The molecule has 0 spiro atoms. The Kier molecular flexibility index (Phi) is 3.96. The van der Waals surface area contributed by atoms with E-state index < -0.39 is 0 Å². The Morgan fingerprint density at radius 1 is 1.14 bits per heavy atom. The standard InChI is InChI=1S/C12H25NO/c1-6-12(5,7-2)13-8-10(3)14-11(4)9-13/h10-11H,6-9H2,1-5H3. The molecule has 2 unspecified atom stereocenters. The van der Waals surface area contributed by atoms with Crippen molar-refractivity contribution in [3.63, 3.8) is 0 Å². The van der Waals surface area contributed by atoms with E-state index in [1.807, 2.05) is 0 Å². The Hall–Kier alpha value is -0.0800. The van der Waals surface area contributed by atoms with E-state index in [4.69, 9.17) is 4.74 Å². The summed E-state index contributed by atoms with van der Waals surface area (Å²) in [4.78, 5) is 2.60. The lowest BCUT2D eigenvalue weighted by Gasteiger charge is -2.46. The predicted molar refractivity (Wildman–Crippen MR) is 60.6 cm³/mol. The van der Waals surface area contributed by atoms with Crippen LogP contribution in [0.1, 0.15) is 47.5 Å². The van der Waals surface area contributed by atoms with Gasteiger partial charge in [0, 0.05) is 18.6 Å². The van der Waals surface area contributed by atoms with Gasteiger partial charge < -0.3 is 4.74 Å².